The molecule has 0 saturated carbocycles. The van der Waals surface area contributed by atoms with E-state index in [0.717, 1.165) is 52.8 Å². The fraction of sp³-hybridized carbons (Fsp3) is 0.250. The second-order valence-electron chi connectivity index (χ2n) is 7.33. The van der Waals surface area contributed by atoms with Gasteiger partial charge in [0.05, 0.1) is 17.5 Å². The van der Waals surface area contributed by atoms with Crippen LogP contribution < -0.4 is 4.90 Å². The Labute approximate surface area is 155 Å². The topological polar surface area (TPSA) is 80.9 Å². The number of hydrogen-bond donors (Lipinski definition) is 2. The van der Waals surface area contributed by atoms with Gasteiger partial charge < -0.3 is 19.8 Å². The number of rotatable bonds is 2. The highest BCUT2D eigenvalue weighted by molar-refractivity contribution is 6.06. The van der Waals surface area contributed by atoms with Crippen LogP contribution >= 0.6 is 0 Å². The van der Waals surface area contributed by atoms with Gasteiger partial charge in [-0.3, -0.25) is 4.79 Å². The quantitative estimate of drug-likeness (QED) is 0.577. The maximum absolute atomic E-state index is 13.2. The molecule has 2 saturated heterocycles. The summed E-state index contributed by atoms with van der Waals surface area (Å²) in [5.41, 5.74) is 2.64. The van der Waals surface area contributed by atoms with Crippen LogP contribution in [-0.2, 0) is 0 Å². The van der Waals surface area contributed by atoms with E-state index in [-0.39, 0.29) is 11.9 Å². The molecule has 1 amide bonds. The number of carbonyl (C=O) groups is 1. The van der Waals surface area contributed by atoms with Gasteiger partial charge in [0.1, 0.15) is 17.8 Å². The van der Waals surface area contributed by atoms with Crippen LogP contribution in [0.25, 0.3) is 21.9 Å². The molecule has 2 atom stereocenters. The Morgan fingerprint density at radius 1 is 1.00 bits per heavy atom. The van der Waals surface area contributed by atoms with Gasteiger partial charge in [-0.2, -0.15) is 0 Å². The summed E-state index contributed by atoms with van der Waals surface area (Å²) in [5.74, 6) is 1.09. The minimum atomic E-state index is 0.127. The lowest BCUT2D eigenvalue weighted by molar-refractivity contribution is 0.0727. The average Bonchev–Trinajstić information content (AvgIpc) is 3.48. The summed E-state index contributed by atoms with van der Waals surface area (Å²) in [4.78, 5) is 32.7. The van der Waals surface area contributed by atoms with Crippen LogP contribution in [0.4, 0.5) is 5.82 Å². The molecule has 6 rings (SSSR count). The Balaban J connectivity index is 1.30. The van der Waals surface area contributed by atoms with Crippen molar-refractivity contribution in [1.82, 2.24) is 24.8 Å². The number of aromatic nitrogens is 4. The van der Waals surface area contributed by atoms with Gasteiger partial charge in [-0.25, -0.2) is 9.97 Å². The number of amides is 1. The molecule has 2 aliphatic rings. The lowest BCUT2D eigenvalue weighted by Gasteiger charge is -2.35. The molecule has 2 N–H and O–H groups in total. The number of carbonyl (C=O) groups excluding carboxylic acids is 1. The zero-order chi connectivity index (χ0) is 18.0. The Morgan fingerprint density at radius 3 is 2.78 bits per heavy atom. The van der Waals surface area contributed by atoms with Crippen molar-refractivity contribution in [1.29, 1.82) is 0 Å². The molecule has 3 aromatic heterocycles. The summed E-state index contributed by atoms with van der Waals surface area (Å²) in [6, 6.07) is 10.4. The highest BCUT2D eigenvalue weighted by atomic mass is 16.2. The molecule has 0 radical (unpaired) electrons. The maximum atomic E-state index is 13.2. The summed E-state index contributed by atoms with van der Waals surface area (Å²) in [7, 11) is 0. The summed E-state index contributed by atoms with van der Waals surface area (Å²) in [6.07, 6.45) is 6.38. The van der Waals surface area contributed by atoms with Crippen molar-refractivity contribution < 1.29 is 4.79 Å². The summed E-state index contributed by atoms with van der Waals surface area (Å²) < 4.78 is 0. The third-order valence-corrected chi connectivity index (χ3v) is 5.93. The number of fused-ring (bicyclic) bond motifs is 4. The van der Waals surface area contributed by atoms with Crippen LogP contribution in [0.3, 0.4) is 0 Å². The van der Waals surface area contributed by atoms with Crippen molar-refractivity contribution in [3.8, 4) is 0 Å². The van der Waals surface area contributed by atoms with Crippen molar-refractivity contribution in [2.24, 2.45) is 0 Å². The minimum absolute atomic E-state index is 0.127. The van der Waals surface area contributed by atoms with Gasteiger partial charge in [0, 0.05) is 41.9 Å². The Bertz CT molecular complexity index is 1180. The molecular weight excluding hydrogens is 340 g/mol. The number of nitrogens with one attached hydrogen (secondary N) is 2. The summed E-state index contributed by atoms with van der Waals surface area (Å²) >= 11 is 0. The third-order valence-electron chi connectivity index (χ3n) is 5.93. The smallest absolute Gasteiger partial charge is 0.254 e. The first kappa shape index (κ1) is 14.8. The maximum Gasteiger partial charge on any atom is 0.254 e. The zero-order valence-corrected chi connectivity index (χ0v) is 14.6. The minimum Gasteiger partial charge on any atom is -0.361 e. The molecule has 2 unspecified atom stereocenters. The van der Waals surface area contributed by atoms with Crippen molar-refractivity contribution in [3.05, 3.63) is 54.6 Å². The van der Waals surface area contributed by atoms with E-state index in [1.807, 2.05) is 47.6 Å². The fourth-order valence-electron chi connectivity index (χ4n) is 4.69. The molecule has 1 aromatic carbocycles. The van der Waals surface area contributed by atoms with Crippen LogP contribution in [0.1, 0.15) is 16.8 Å². The van der Waals surface area contributed by atoms with E-state index in [2.05, 4.69) is 24.8 Å². The monoisotopic (exact) mass is 358 g/mol. The molecule has 2 aliphatic heterocycles. The van der Waals surface area contributed by atoms with Gasteiger partial charge in [-0.05, 0) is 30.7 Å². The van der Waals surface area contributed by atoms with Crippen LogP contribution in [0.15, 0.2) is 49.1 Å². The molecular formula is C20H18N6O. The van der Waals surface area contributed by atoms with Gasteiger partial charge in [0.15, 0.2) is 0 Å². The van der Waals surface area contributed by atoms with Crippen molar-refractivity contribution in [2.45, 2.75) is 18.5 Å². The van der Waals surface area contributed by atoms with Crippen LogP contribution in [0.2, 0.25) is 0 Å². The number of H-pyrrole nitrogens is 2. The van der Waals surface area contributed by atoms with E-state index in [1.54, 1.807) is 6.33 Å². The highest BCUT2D eigenvalue weighted by Crippen LogP contribution is 2.37. The first-order valence-electron chi connectivity index (χ1n) is 9.21. The van der Waals surface area contributed by atoms with Crippen molar-refractivity contribution in [2.75, 3.05) is 18.0 Å². The van der Waals surface area contributed by atoms with E-state index < -0.39 is 0 Å². The number of likely N-dealkylation sites (tertiary alicyclic amines) is 1. The number of piperazine rings is 1. The van der Waals surface area contributed by atoms with E-state index in [0.29, 0.717) is 6.04 Å². The second kappa shape index (κ2) is 5.33. The lowest BCUT2D eigenvalue weighted by atomic mass is 10.1. The summed E-state index contributed by atoms with van der Waals surface area (Å²) in [6.45, 7) is 1.55. The molecule has 0 aliphatic carbocycles. The molecule has 7 heteroatoms. The van der Waals surface area contributed by atoms with Gasteiger partial charge in [-0.15, -0.1) is 0 Å². The predicted octanol–water partition coefficient (Wildman–Crippen LogP) is 2.54. The Hall–Kier alpha value is -3.35. The van der Waals surface area contributed by atoms with E-state index in [4.69, 9.17) is 0 Å². The van der Waals surface area contributed by atoms with Gasteiger partial charge in [-0.1, -0.05) is 6.07 Å². The Morgan fingerprint density at radius 2 is 1.89 bits per heavy atom. The predicted molar refractivity (Wildman–Crippen MR) is 103 cm³/mol. The lowest BCUT2D eigenvalue weighted by Crippen LogP contribution is -2.49. The third kappa shape index (κ3) is 2.05. The van der Waals surface area contributed by atoms with Gasteiger partial charge >= 0.3 is 0 Å². The molecule has 27 heavy (non-hydrogen) atoms. The molecule has 2 bridgehead atoms. The normalized spacial score (nSPS) is 21.6. The van der Waals surface area contributed by atoms with E-state index >= 15 is 0 Å². The van der Waals surface area contributed by atoms with E-state index in [1.165, 1.54) is 0 Å². The van der Waals surface area contributed by atoms with E-state index in [9.17, 15) is 4.79 Å². The number of hydrogen-bond acceptors (Lipinski definition) is 4. The standard InChI is InChI=1S/C20H18N6O/c27-20(15-2-1-3-17-14(15)4-6-21-17)26-10-12-8-13(26)9-25(12)19-16-5-7-22-18(16)23-11-24-19/h1-7,11-13,21H,8-10H2,(H,22,23,24). The molecule has 5 heterocycles. The molecule has 134 valence electrons. The largest absolute Gasteiger partial charge is 0.361 e. The first-order chi connectivity index (χ1) is 13.3. The second-order valence-corrected chi connectivity index (χ2v) is 7.33. The SMILES string of the molecule is O=C(c1cccc2[nH]ccc12)N1CC2CC1CN2c1ncnc2[nH]ccc12. The number of nitrogens with zero attached hydrogens (tertiary/aromatic N) is 4. The van der Waals surface area contributed by atoms with Crippen LogP contribution in [0, 0.1) is 0 Å². The first-order valence-corrected chi connectivity index (χ1v) is 9.21. The van der Waals surface area contributed by atoms with Crippen LogP contribution in [0.5, 0.6) is 0 Å². The molecule has 4 aromatic rings. The molecule has 0 spiro atoms. The molecule has 2 fully saturated rings. The van der Waals surface area contributed by atoms with Crippen LogP contribution in [-0.4, -0.2) is 55.9 Å². The van der Waals surface area contributed by atoms with Gasteiger partial charge in [0.25, 0.3) is 5.91 Å². The Kier molecular flexibility index (Phi) is 2.92. The summed E-state index contributed by atoms with van der Waals surface area (Å²) in [5, 5.41) is 2.03. The van der Waals surface area contributed by atoms with Gasteiger partial charge in [0.2, 0.25) is 0 Å². The van der Waals surface area contributed by atoms with Crippen molar-refractivity contribution in [3.63, 3.8) is 0 Å². The molecule has 7 nitrogen and oxygen atoms in total. The average molecular weight is 358 g/mol. The highest BCUT2D eigenvalue weighted by Gasteiger charge is 2.46. The zero-order valence-electron chi connectivity index (χ0n) is 14.6. The number of anilines is 1. The number of benzene rings is 1. The van der Waals surface area contributed by atoms with Crippen molar-refractivity contribution >= 4 is 33.7 Å². The number of aromatic amines is 2. The fourth-order valence-corrected chi connectivity index (χ4v) is 4.69.